The highest BCUT2D eigenvalue weighted by Crippen LogP contribution is 2.31. The maximum absolute atomic E-state index is 5.75. The summed E-state index contributed by atoms with van der Waals surface area (Å²) in [6, 6.07) is 0. The second-order valence-electron chi connectivity index (χ2n) is 3.64. The zero-order valence-electron chi connectivity index (χ0n) is 8.46. The molecule has 2 unspecified atom stereocenters. The molecule has 0 saturated carbocycles. The van der Waals surface area contributed by atoms with Crippen molar-refractivity contribution in [2.45, 2.75) is 38.7 Å². The molecule has 3 heteroatoms. The molecule has 12 heavy (non-hydrogen) atoms. The van der Waals surface area contributed by atoms with E-state index < -0.39 is 0 Å². The van der Waals surface area contributed by atoms with Gasteiger partial charge in [0.2, 0.25) is 0 Å². The van der Waals surface area contributed by atoms with Gasteiger partial charge in [-0.1, -0.05) is 0 Å². The van der Waals surface area contributed by atoms with E-state index in [9.17, 15) is 0 Å². The second kappa shape index (κ2) is 3.73. The first kappa shape index (κ1) is 9.96. The molecular weight excluding hydrogens is 154 g/mol. The summed E-state index contributed by atoms with van der Waals surface area (Å²) < 4.78 is 11.3. The fourth-order valence-corrected chi connectivity index (χ4v) is 1.57. The molecular formula is C9H19NO2. The van der Waals surface area contributed by atoms with Crippen LogP contribution in [0.1, 0.15) is 26.7 Å². The van der Waals surface area contributed by atoms with Gasteiger partial charge in [0, 0.05) is 13.0 Å². The standard InChI is InChI=1S/C9H19NO2/c1-5-11-9(2)7-6-8(12-9)10(3)4/h8H,5-7H2,1-4H3. The van der Waals surface area contributed by atoms with Crippen LogP contribution >= 0.6 is 0 Å². The summed E-state index contributed by atoms with van der Waals surface area (Å²) in [6.45, 7) is 4.73. The molecule has 1 aliphatic heterocycles. The zero-order valence-corrected chi connectivity index (χ0v) is 8.46. The minimum Gasteiger partial charge on any atom is -0.350 e. The topological polar surface area (TPSA) is 21.7 Å². The Morgan fingerprint density at radius 3 is 2.67 bits per heavy atom. The van der Waals surface area contributed by atoms with Crippen molar-refractivity contribution < 1.29 is 9.47 Å². The van der Waals surface area contributed by atoms with Crippen molar-refractivity contribution in [1.29, 1.82) is 0 Å². The van der Waals surface area contributed by atoms with Crippen molar-refractivity contribution in [2.24, 2.45) is 0 Å². The molecule has 3 nitrogen and oxygen atoms in total. The molecule has 1 fully saturated rings. The third-order valence-electron chi connectivity index (χ3n) is 2.26. The van der Waals surface area contributed by atoms with Crippen LogP contribution < -0.4 is 0 Å². The molecule has 0 bridgehead atoms. The van der Waals surface area contributed by atoms with Crippen LogP contribution in [0.25, 0.3) is 0 Å². The largest absolute Gasteiger partial charge is 0.350 e. The summed E-state index contributed by atoms with van der Waals surface area (Å²) in [5.41, 5.74) is 0. The highest BCUT2D eigenvalue weighted by Gasteiger charge is 2.37. The minimum atomic E-state index is -0.344. The van der Waals surface area contributed by atoms with Crippen molar-refractivity contribution in [3.8, 4) is 0 Å². The van der Waals surface area contributed by atoms with Gasteiger partial charge in [0.15, 0.2) is 5.79 Å². The molecule has 0 amide bonds. The third-order valence-corrected chi connectivity index (χ3v) is 2.26. The minimum absolute atomic E-state index is 0.224. The van der Waals surface area contributed by atoms with Crippen LogP contribution in [0.4, 0.5) is 0 Å². The van der Waals surface area contributed by atoms with Gasteiger partial charge in [0.1, 0.15) is 6.23 Å². The summed E-state index contributed by atoms with van der Waals surface area (Å²) in [6.07, 6.45) is 2.27. The lowest BCUT2D eigenvalue weighted by Gasteiger charge is -2.26. The number of hydrogen-bond acceptors (Lipinski definition) is 3. The number of ether oxygens (including phenoxy) is 2. The van der Waals surface area contributed by atoms with Gasteiger partial charge in [-0.15, -0.1) is 0 Å². The van der Waals surface area contributed by atoms with Crippen molar-refractivity contribution in [3.63, 3.8) is 0 Å². The highest BCUT2D eigenvalue weighted by molar-refractivity contribution is 4.75. The van der Waals surface area contributed by atoms with Crippen LogP contribution in [0.5, 0.6) is 0 Å². The molecule has 2 atom stereocenters. The first-order valence-corrected chi connectivity index (χ1v) is 4.55. The molecule has 0 aromatic rings. The predicted molar refractivity (Wildman–Crippen MR) is 47.8 cm³/mol. The van der Waals surface area contributed by atoms with Gasteiger partial charge in [-0.3, -0.25) is 4.90 Å². The Balaban J connectivity index is 2.43. The van der Waals surface area contributed by atoms with Crippen LogP contribution in [0.2, 0.25) is 0 Å². The summed E-state index contributed by atoms with van der Waals surface area (Å²) in [5, 5.41) is 0. The van der Waals surface area contributed by atoms with Crippen LogP contribution in [0, 0.1) is 0 Å². The molecule has 0 radical (unpaired) electrons. The highest BCUT2D eigenvalue weighted by atomic mass is 16.7. The van der Waals surface area contributed by atoms with Crippen molar-refractivity contribution in [3.05, 3.63) is 0 Å². The molecule has 0 spiro atoms. The third kappa shape index (κ3) is 2.19. The van der Waals surface area contributed by atoms with Gasteiger partial charge >= 0.3 is 0 Å². The fourth-order valence-electron chi connectivity index (χ4n) is 1.57. The molecule has 0 aromatic carbocycles. The Kier molecular flexibility index (Phi) is 3.09. The first-order chi connectivity index (χ1) is 5.57. The van der Waals surface area contributed by atoms with Gasteiger partial charge in [-0.2, -0.15) is 0 Å². The van der Waals surface area contributed by atoms with Crippen LogP contribution in [-0.4, -0.2) is 37.6 Å². The number of rotatable bonds is 3. The fraction of sp³-hybridized carbons (Fsp3) is 1.00. The average Bonchev–Trinajstić information content (AvgIpc) is 2.33. The number of nitrogens with zero attached hydrogens (tertiary/aromatic N) is 1. The average molecular weight is 173 g/mol. The van der Waals surface area contributed by atoms with Gasteiger partial charge in [0.25, 0.3) is 0 Å². The maximum atomic E-state index is 5.75. The number of hydrogen-bond donors (Lipinski definition) is 0. The van der Waals surface area contributed by atoms with Crippen LogP contribution in [0.15, 0.2) is 0 Å². The molecule has 1 heterocycles. The summed E-state index contributed by atoms with van der Waals surface area (Å²) >= 11 is 0. The van der Waals surface area contributed by atoms with E-state index in [4.69, 9.17) is 9.47 Å². The smallest absolute Gasteiger partial charge is 0.167 e. The summed E-state index contributed by atoms with van der Waals surface area (Å²) in [5.74, 6) is -0.344. The molecule has 1 aliphatic rings. The molecule has 0 aliphatic carbocycles. The zero-order chi connectivity index (χ0) is 9.19. The lowest BCUT2D eigenvalue weighted by molar-refractivity contribution is -0.230. The molecule has 0 aromatic heterocycles. The van der Waals surface area contributed by atoms with Gasteiger partial charge in [0.05, 0.1) is 0 Å². The van der Waals surface area contributed by atoms with Crippen molar-refractivity contribution in [2.75, 3.05) is 20.7 Å². The summed E-state index contributed by atoms with van der Waals surface area (Å²) in [4.78, 5) is 2.09. The van der Waals surface area contributed by atoms with Crippen LogP contribution in [-0.2, 0) is 9.47 Å². The Labute approximate surface area is 74.6 Å². The normalized spacial score (nSPS) is 36.2. The Morgan fingerprint density at radius 2 is 2.25 bits per heavy atom. The summed E-state index contributed by atoms with van der Waals surface area (Å²) in [7, 11) is 4.06. The van der Waals surface area contributed by atoms with Gasteiger partial charge in [-0.25, -0.2) is 0 Å². The van der Waals surface area contributed by atoms with E-state index in [1.807, 2.05) is 27.9 Å². The van der Waals surface area contributed by atoms with E-state index in [-0.39, 0.29) is 12.0 Å². The molecule has 1 saturated heterocycles. The lowest BCUT2D eigenvalue weighted by atomic mass is 10.2. The predicted octanol–water partition coefficient (Wildman–Crippen LogP) is 1.44. The van der Waals surface area contributed by atoms with E-state index in [1.165, 1.54) is 0 Å². The molecule has 0 N–H and O–H groups in total. The SMILES string of the molecule is CCOC1(C)CCC(N(C)C)O1. The van der Waals surface area contributed by atoms with Crippen molar-refractivity contribution in [1.82, 2.24) is 4.90 Å². The van der Waals surface area contributed by atoms with E-state index in [0.717, 1.165) is 19.4 Å². The van der Waals surface area contributed by atoms with E-state index in [0.29, 0.717) is 0 Å². The van der Waals surface area contributed by atoms with E-state index in [1.54, 1.807) is 0 Å². The maximum Gasteiger partial charge on any atom is 0.167 e. The second-order valence-corrected chi connectivity index (χ2v) is 3.64. The monoisotopic (exact) mass is 173 g/mol. The van der Waals surface area contributed by atoms with Crippen LogP contribution in [0.3, 0.4) is 0 Å². The van der Waals surface area contributed by atoms with E-state index >= 15 is 0 Å². The molecule has 1 rings (SSSR count). The lowest BCUT2D eigenvalue weighted by Crippen LogP contribution is -2.34. The van der Waals surface area contributed by atoms with E-state index in [2.05, 4.69) is 4.90 Å². The quantitative estimate of drug-likeness (QED) is 0.644. The Morgan fingerprint density at radius 1 is 1.58 bits per heavy atom. The van der Waals surface area contributed by atoms with Gasteiger partial charge < -0.3 is 9.47 Å². The van der Waals surface area contributed by atoms with Crippen molar-refractivity contribution >= 4 is 0 Å². The first-order valence-electron chi connectivity index (χ1n) is 4.55. The molecule has 72 valence electrons. The Hall–Kier alpha value is -0.120. The Bertz CT molecular complexity index is 149. The van der Waals surface area contributed by atoms with Gasteiger partial charge in [-0.05, 0) is 34.4 Å².